The average molecular weight is 252 g/mol. The molecule has 0 amide bonds. The summed E-state index contributed by atoms with van der Waals surface area (Å²) in [5.74, 6) is 1.87. The Labute approximate surface area is 111 Å². The van der Waals surface area contributed by atoms with Crippen LogP contribution in [0.5, 0.6) is 0 Å². The van der Waals surface area contributed by atoms with Gasteiger partial charge in [-0.05, 0) is 69.5 Å². The lowest BCUT2D eigenvalue weighted by Gasteiger charge is -2.29. The first-order chi connectivity index (χ1) is 8.78. The third kappa shape index (κ3) is 2.89. The van der Waals surface area contributed by atoms with E-state index >= 15 is 0 Å². The minimum absolute atomic E-state index is 0.745. The van der Waals surface area contributed by atoms with Crippen molar-refractivity contribution in [1.82, 2.24) is 10.2 Å². The Morgan fingerprint density at radius 3 is 2.61 bits per heavy atom. The van der Waals surface area contributed by atoms with E-state index in [1.165, 1.54) is 58.3 Å². The summed E-state index contributed by atoms with van der Waals surface area (Å²) >= 11 is 0. The zero-order valence-corrected chi connectivity index (χ0v) is 11.8. The van der Waals surface area contributed by atoms with Crippen molar-refractivity contribution in [3.63, 3.8) is 0 Å². The lowest BCUT2D eigenvalue weighted by atomic mass is 9.91. The van der Waals surface area contributed by atoms with Crippen LogP contribution < -0.4 is 5.32 Å². The van der Waals surface area contributed by atoms with Gasteiger partial charge in [0.1, 0.15) is 0 Å². The molecule has 3 aliphatic rings. The van der Waals surface area contributed by atoms with Gasteiger partial charge in [-0.3, -0.25) is 0 Å². The smallest absolute Gasteiger partial charge is 0.0469 e. The van der Waals surface area contributed by atoms with E-state index in [0.717, 1.165) is 30.5 Å². The van der Waals surface area contributed by atoms with Crippen LogP contribution in [0.15, 0.2) is 0 Å². The largest absolute Gasteiger partial charge is 0.381 e. The predicted molar refractivity (Wildman–Crippen MR) is 73.7 cm³/mol. The quantitative estimate of drug-likeness (QED) is 0.825. The van der Waals surface area contributed by atoms with Crippen molar-refractivity contribution in [3.8, 4) is 0 Å². The third-order valence-corrected chi connectivity index (χ3v) is 5.40. The van der Waals surface area contributed by atoms with Gasteiger partial charge in [0.05, 0.1) is 0 Å². The van der Waals surface area contributed by atoms with Crippen molar-refractivity contribution in [2.45, 2.75) is 32.1 Å². The molecule has 0 aromatic carbocycles. The summed E-state index contributed by atoms with van der Waals surface area (Å²) in [5.41, 5.74) is 0.745. The Bertz CT molecular complexity index is 270. The van der Waals surface area contributed by atoms with Gasteiger partial charge >= 0.3 is 0 Å². The Morgan fingerprint density at radius 1 is 1.17 bits per heavy atom. The van der Waals surface area contributed by atoms with E-state index in [1.54, 1.807) is 0 Å². The van der Waals surface area contributed by atoms with E-state index in [1.807, 2.05) is 0 Å². The van der Waals surface area contributed by atoms with E-state index in [9.17, 15) is 0 Å². The monoisotopic (exact) mass is 252 g/mol. The maximum Gasteiger partial charge on any atom is 0.0469 e. The molecule has 1 aliphatic carbocycles. The fourth-order valence-corrected chi connectivity index (χ4v) is 4.05. The molecule has 2 saturated heterocycles. The second-order valence-corrected chi connectivity index (χ2v) is 6.79. The number of hydrogen-bond acceptors (Lipinski definition) is 3. The third-order valence-electron chi connectivity index (χ3n) is 5.40. The van der Waals surface area contributed by atoms with Crippen molar-refractivity contribution in [2.75, 3.05) is 46.4 Å². The number of ether oxygens (including phenoxy) is 1. The Hall–Kier alpha value is -0.120. The highest BCUT2D eigenvalue weighted by Gasteiger charge is 2.53. The van der Waals surface area contributed by atoms with Gasteiger partial charge in [0.2, 0.25) is 0 Å². The molecule has 0 radical (unpaired) electrons. The van der Waals surface area contributed by atoms with Crippen LogP contribution in [-0.2, 0) is 4.74 Å². The first-order valence-corrected chi connectivity index (χ1v) is 7.75. The van der Waals surface area contributed by atoms with Crippen molar-refractivity contribution < 1.29 is 4.74 Å². The van der Waals surface area contributed by atoms with Crippen molar-refractivity contribution in [2.24, 2.45) is 17.3 Å². The SMILES string of the molecule is CN(CC1CCOCC1)CC1CC12CCNCC2. The van der Waals surface area contributed by atoms with Gasteiger partial charge in [-0.1, -0.05) is 0 Å². The van der Waals surface area contributed by atoms with Gasteiger partial charge in [-0.25, -0.2) is 0 Å². The van der Waals surface area contributed by atoms with Gasteiger partial charge in [0.15, 0.2) is 0 Å². The summed E-state index contributed by atoms with van der Waals surface area (Å²) in [6.07, 6.45) is 6.87. The maximum absolute atomic E-state index is 5.44. The van der Waals surface area contributed by atoms with E-state index in [0.29, 0.717) is 0 Å². The lowest BCUT2D eigenvalue weighted by molar-refractivity contribution is 0.0546. The van der Waals surface area contributed by atoms with Crippen LogP contribution in [0, 0.1) is 17.3 Å². The number of nitrogens with zero attached hydrogens (tertiary/aromatic N) is 1. The molecule has 1 unspecified atom stereocenters. The zero-order chi connectivity index (χ0) is 12.4. The molecular formula is C15H28N2O. The van der Waals surface area contributed by atoms with Crippen molar-refractivity contribution >= 4 is 0 Å². The summed E-state index contributed by atoms with van der Waals surface area (Å²) in [6, 6.07) is 0. The van der Waals surface area contributed by atoms with Crippen LogP contribution >= 0.6 is 0 Å². The minimum Gasteiger partial charge on any atom is -0.381 e. The van der Waals surface area contributed by atoms with Crippen molar-refractivity contribution in [3.05, 3.63) is 0 Å². The second-order valence-electron chi connectivity index (χ2n) is 6.79. The minimum atomic E-state index is 0.745. The topological polar surface area (TPSA) is 24.5 Å². The maximum atomic E-state index is 5.44. The molecule has 1 spiro atoms. The molecule has 104 valence electrons. The first-order valence-electron chi connectivity index (χ1n) is 7.75. The fraction of sp³-hybridized carbons (Fsp3) is 1.00. The normalized spacial score (nSPS) is 32.0. The van der Waals surface area contributed by atoms with Crippen molar-refractivity contribution in [1.29, 1.82) is 0 Å². The molecule has 3 heteroatoms. The van der Waals surface area contributed by atoms with Crippen LogP contribution in [0.1, 0.15) is 32.1 Å². The molecule has 0 aromatic heterocycles. The van der Waals surface area contributed by atoms with Gasteiger partial charge in [0, 0.05) is 26.3 Å². The Balaban J connectivity index is 1.40. The Morgan fingerprint density at radius 2 is 1.89 bits per heavy atom. The molecule has 18 heavy (non-hydrogen) atoms. The molecule has 0 bridgehead atoms. The highest BCUT2D eigenvalue weighted by molar-refractivity contribution is 5.05. The molecular weight excluding hydrogens is 224 g/mol. The summed E-state index contributed by atoms with van der Waals surface area (Å²) in [6.45, 7) is 7.08. The number of nitrogens with one attached hydrogen (secondary N) is 1. The molecule has 0 aromatic rings. The average Bonchev–Trinajstić information content (AvgIpc) is 3.02. The van der Waals surface area contributed by atoms with Crippen LogP contribution in [0.4, 0.5) is 0 Å². The Kier molecular flexibility index (Phi) is 3.92. The molecule has 3 rings (SSSR count). The summed E-state index contributed by atoms with van der Waals surface area (Å²) in [7, 11) is 2.32. The van der Waals surface area contributed by atoms with E-state index < -0.39 is 0 Å². The van der Waals surface area contributed by atoms with Crippen LogP contribution in [0.2, 0.25) is 0 Å². The van der Waals surface area contributed by atoms with Gasteiger partial charge < -0.3 is 15.0 Å². The molecule has 1 atom stereocenters. The number of piperidine rings is 1. The highest BCUT2D eigenvalue weighted by Crippen LogP contribution is 2.58. The second kappa shape index (κ2) is 5.48. The van der Waals surface area contributed by atoms with Gasteiger partial charge in [0.25, 0.3) is 0 Å². The summed E-state index contributed by atoms with van der Waals surface area (Å²) < 4.78 is 5.44. The standard InChI is InChI=1S/C15H28N2O/c1-17(11-13-2-8-18-9-3-13)12-14-10-15(14)4-6-16-7-5-15/h13-14,16H,2-12H2,1H3. The van der Waals surface area contributed by atoms with Crippen LogP contribution in [0.25, 0.3) is 0 Å². The van der Waals surface area contributed by atoms with E-state index in [4.69, 9.17) is 4.74 Å². The van der Waals surface area contributed by atoms with Gasteiger partial charge in [-0.2, -0.15) is 0 Å². The predicted octanol–water partition coefficient (Wildman–Crippen LogP) is 1.73. The van der Waals surface area contributed by atoms with Crippen LogP contribution in [-0.4, -0.2) is 51.3 Å². The van der Waals surface area contributed by atoms with Gasteiger partial charge in [-0.15, -0.1) is 0 Å². The first kappa shape index (κ1) is 12.9. The molecule has 2 aliphatic heterocycles. The lowest BCUT2D eigenvalue weighted by Crippen LogP contribution is -2.34. The molecule has 1 saturated carbocycles. The highest BCUT2D eigenvalue weighted by atomic mass is 16.5. The zero-order valence-electron chi connectivity index (χ0n) is 11.8. The molecule has 1 N–H and O–H groups in total. The van der Waals surface area contributed by atoms with E-state index in [-0.39, 0.29) is 0 Å². The van der Waals surface area contributed by atoms with E-state index in [2.05, 4.69) is 17.3 Å². The molecule has 3 nitrogen and oxygen atoms in total. The summed E-state index contributed by atoms with van der Waals surface area (Å²) in [5, 5.41) is 3.49. The molecule has 3 fully saturated rings. The molecule has 2 heterocycles. The number of hydrogen-bond donors (Lipinski definition) is 1. The summed E-state index contributed by atoms with van der Waals surface area (Å²) in [4.78, 5) is 2.59. The number of rotatable bonds is 4. The van der Waals surface area contributed by atoms with Crippen LogP contribution in [0.3, 0.4) is 0 Å². The fourth-order valence-electron chi connectivity index (χ4n) is 4.05.